The molecule has 0 aliphatic rings. The zero-order valence-corrected chi connectivity index (χ0v) is 12.6. The van der Waals surface area contributed by atoms with E-state index in [1.54, 1.807) is 23.5 Å². The second-order valence-corrected chi connectivity index (χ2v) is 6.01. The Bertz CT molecular complexity index is 512. The van der Waals surface area contributed by atoms with E-state index in [9.17, 15) is 9.50 Å². The van der Waals surface area contributed by atoms with Crippen molar-refractivity contribution in [3.63, 3.8) is 0 Å². The lowest BCUT2D eigenvalue weighted by molar-refractivity contribution is 0.139. The van der Waals surface area contributed by atoms with Gasteiger partial charge in [-0.05, 0) is 49.5 Å². The zero-order chi connectivity index (χ0) is 14.5. The highest BCUT2D eigenvalue weighted by atomic mass is 32.1. The molecule has 2 nitrogen and oxygen atoms in total. The zero-order valence-electron chi connectivity index (χ0n) is 11.8. The summed E-state index contributed by atoms with van der Waals surface area (Å²) < 4.78 is 12.8. The lowest BCUT2D eigenvalue weighted by Crippen LogP contribution is -2.24. The molecule has 0 radical (unpaired) electrons. The van der Waals surface area contributed by atoms with E-state index in [0.717, 1.165) is 12.1 Å². The SMILES string of the molecule is CC(c1cccs1)N(C)CCC(O)c1ccc(F)cc1. The van der Waals surface area contributed by atoms with Crippen LogP contribution in [0.1, 0.15) is 35.9 Å². The number of halogens is 1. The third-order valence-electron chi connectivity index (χ3n) is 3.63. The monoisotopic (exact) mass is 293 g/mol. The van der Waals surface area contributed by atoms with Crippen molar-refractivity contribution in [3.05, 3.63) is 58.0 Å². The van der Waals surface area contributed by atoms with Crippen molar-refractivity contribution in [3.8, 4) is 0 Å². The first-order valence-electron chi connectivity index (χ1n) is 6.75. The first kappa shape index (κ1) is 15.2. The highest BCUT2D eigenvalue weighted by Gasteiger charge is 2.15. The van der Waals surface area contributed by atoms with Gasteiger partial charge in [0.2, 0.25) is 0 Å². The molecule has 1 aromatic carbocycles. The molecule has 0 amide bonds. The summed E-state index contributed by atoms with van der Waals surface area (Å²) in [4.78, 5) is 3.54. The van der Waals surface area contributed by atoms with Gasteiger partial charge in [0.25, 0.3) is 0 Å². The van der Waals surface area contributed by atoms with Gasteiger partial charge in [0.1, 0.15) is 5.82 Å². The smallest absolute Gasteiger partial charge is 0.123 e. The molecule has 1 aromatic heterocycles. The minimum Gasteiger partial charge on any atom is -0.388 e. The summed E-state index contributed by atoms with van der Waals surface area (Å²) in [7, 11) is 2.06. The largest absolute Gasteiger partial charge is 0.388 e. The van der Waals surface area contributed by atoms with Gasteiger partial charge in [0.15, 0.2) is 0 Å². The van der Waals surface area contributed by atoms with E-state index < -0.39 is 6.10 Å². The van der Waals surface area contributed by atoms with Gasteiger partial charge in [-0.2, -0.15) is 0 Å². The third-order valence-corrected chi connectivity index (χ3v) is 4.67. The van der Waals surface area contributed by atoms with Crippen LogP contribution in [-0.2, 0) is 0 Å². The molecule has 0 bridgehead atoms. The molecule has 2 unspecified atom stereocenters. The molecule has 0 fully saturated rings. The van der Waals surface area contributed by atoms with Gasteiger partial charge in [0.05, 0.1) is 6.10 Å². The number of thiophene rings is 1. The minimum absolute atomic E-state index is 0.274. The molecule has 20 heavy (non-hydrogen) atoms. The van der Waals surface area contributed by atoms with Gasteiger partial charge < -0.3 is 5.11 Å². The fourth-order valence-electron chi connectivity index (χ4n) is 2.12. The minimum atomic E-state index is -0.548. The normalized spacial score (nSPS) is 14.4. The van der Waals surface area contributed by atoms with E-state index in [1.165, 1.54) is 17.0 Å². The fourth-order valence-corrected chi connectivity index (χ4v) is 2.97. The second-order valence-electron chi connectivity index (χ2n) is 5.03. The molecule has 0 saturated carbocycles. The number of nitrogens with zero attached hydrogens (tertiary/aromatic N) is 1. The third kappa shape index (κ3) is 3.88. The quantitative estimate of drug-likeness (QED) is 0.870. The van der Waals surface area contributed by atoms with Gasteiger partial charge in [0, 0.05) is 17.5 Å². The highest BCUT2D eigenvalue weighted by Crippen LogP contribution is 2.25. The Morgan fingerprint density at radius 1 is 1.25 bits per heavy atom. The summed E-state index contributed by atoms with van der Waals surface area (Å²) in [6.45, 7) is 2.95. The first-order chi connectivity index (χ1) is 9.58. The number of hydrogen-bond donors (Lipinski definition) is 1. The van der Waals surface area contributed by atoms with E-state index >= 15 is 0 Å². The van der Waals surface area contributed by atoms with E-state index in [-0.39, 0.29) is 5.82 Å². The Balaban J connectivity index is 1.86. The van der Waals surface area contributed by atoms with Crippen molar-refractivity contribution in [2.45, 2.75) is 25.5 Å². The average Bonchev–Trinajstić information content (AvgIpc) is 2.98. The van der Waals surface area contributed by atoms with Crippen LogP contribution in [0.3, 0.4) is 0 Å². The maximum atomic E-state index is 12.8. The Labute approximate surface area is 123 Å². The lowest BCUT2D eigenvalue weighted by Gasteiger charge is -2.25. The van der Waals surface area contributed by atoms with E-state index in [4.69, 9.17) is 0 Å². The van der Waals surface area contributed by atoms with Gasteiger partial charge in [-0.25, -0.2) is 4.39 Å². The van der Waals surface area contributed by atoms with E-state index in [0.29, 0.717) is 12.5 Å². The van der Waals surface area contributed by atoms with Crippen molar-refractivity contribution < 1.29 is 9.50 Å². The van der Waals surface area contributed by atoms with Gasteiger partial charge in [-0.1, -0.05) is 18.2 Å². The predicted octanol–water partition coefficient (Wildman–Crippen LogP) is 4.00. The Hall–Kier alpha value is -1.23. The van der Waals surface area contributed by atoms with Crippen LogP contribution in [0.5, 0.6) is 0 Å². The molecule has 0 saturated heterocycles. The second kappa shape index (κ2) is 6.97. The summed E-state index contributed by atoms with van der Waals surface area (Å²) in [5.41, 5.74) is 0.767. The Kier molecular flexibility index (Phi) is 5.29. The molecule has 2 rings (SSSR count). The van der Waals surface area contributed by atoms with Crippen molar-refractivity contribution in [1.29, 1.82) is 0 Å². The van der Waals surface area contributed by atoms with Crippen LogP contribution in [0, 0.1) is 5.82 Å². The van der Waals surface area contributed by atoms with Crippen LogP contribution in [0.4, 0.5) is 4.39 Å². The highest BCUT2D eigenvalue weighted by molar-refractivity contribution is 7.10. The number of aliphatic hydroxyl groups is 1. The number of aliphatic hydroxyl groups excluding tert-OH is 1. The van der Waals surface area contributed by atoms with E-state index in [1.807, 2.05) is 0 Å². The predicted molar refractivity (Wildman–Crippen MR) is 81.3 cm³/mol. The lowest BCUT2D eigenvalue weighted by atomic mass is 10.1. The van der Waals surface area contributed by atoms with Crippen LogP contribution < -0.4 is 0 Å². The van der Waals surface area contributed by atoms with Gasteiger partial charge in [-0.3, -0.25) is 4.90 Å². The van der Waals surface area contributed by atoms with Crippen molar-refractivity contribution in [1.82, 2.24) is 4.90 Å². The topological polar surface area (TPSA) is 23.5 Å². The van der Waals surface area contributed by atoms with Gasteiger partial charge >= 0.3 is 0 Å². The summed E-state index contributed by atoms with van der Waals surface area (Å²) in [5.74, 6) is -0.274. The maximum Gasteiger partial charge on any atom is 0.123 e. The number of rotatable bonds is 6. The van der Waals surface area contributed by atoms with Crippen molar-refractivity contribution >= 4 is 11.3 Å². The molecule has 0 spiro atoms. The Morgan fingerprint density at radius 2 is 1.95 bits per heavy atom. The van der Waals surface area contributed by atoms with Gasteiger partial charge in [-0.15, -0.1) is 11.3 Å². The summed E-state index contributed by atoms with van der Waals surface area (Å²) >= 11 is 1.75. The summed E-state index contributed by atoms with van der Waals surface area (Å²) in [5, 5.41) is 12.2. The molecular formula is C16H20FNOS. The molecular weight excluding hydrogens is 273 g/mol. The molecule has 1 N–H and O–H groups in total. The molecule has 2 aromatic rings. The van der Waals surface area contributed by atoms with E-state index in [2.05, 4.69) is 36.4 Å². The Morgan fingerprint density at radius 3 is 2.55 bits per heavy atom. The molecule has 108 valence electrons. The molecule has 1 heterocycles. The fraction of sp³-hybridized carbons (Fsp3) is 0.375. The molecule has 4 heteroatoms. The van der Waals surface area contributed by atoms with Crippen LogP contribution >= 0.6 is 11.3 Å². The average molecular weight is 293 g/mol. The van der Waals surface area contributed by atoms with Crippen LogP contribution in [0.2, 0.25) is 0 Å². The molecule has 0 aliphatic carbocycles. The van der Waals surface area contributed by atoms with Crippen LogP contribution in [0.25, 0.3) is 0 Å². The van der Waals surface area contributed by atoms with Crippen molar-refractivity contribution in [2.24, 2.45) is 0 Å². The van der Waals surface area contributed by atoms with Crippen LogP contribution in [0.15, 0.2) is 41.8 Å². The molecule has 2 atom stereocenters. The number of benzene rings is 1. The van der Waals surface area contributed by atoms with Crippen LogP contribution in [-0.4, -0.2) is 23.6 Å². The molecule has 0 aliphatic heterocycles. The summed E-state index contributed by atoms with van der Waals surface area (Å²) in [6.07, 6.45) is 0.0891. The standard InChI is InChI=1S/C16H20FNOS/c1-12(16-4-3-11-20-16)18(2)10-9-15(19)13-5-7-14(17)8-6-13/h3-8,11-12,15,19H,9-10H2,1-2H3. The maximum absolute atomic E-state index is 12.8. The summed E-state index contributed by atoms with van der Waals surface area (Å²) in [6, 6.07) is 10.6. The van der Waals surface area contributed by atoms with Crippen molar-refractivity contribution in [2.75, 3.05) is 13.6 Å². The first-order valence-corrected chi connectivity index (χ1v) is 7.63. The number of hydrogen-bond acceptors (Lipinski definition) is 3.